The summed E-state index contributed by atoms with van der Waals surface area (Å²) in [7, 11) is 0. The van der Waals surface area contributed by atoms with Crippen molar-refractivity contribution in [2.75, 3.05) is 13.1 Å². The molecule has 0 bridgehead atoms. The van der Waals surface area contributed by atoms with Crippen molar-refractivity contribution in [1.82, 2.24) is 4.90 Å². The van der Waals surface area contributed by atoms with Crippen LogP contribution in [-0.4, -0.2) is 29.8 Å². The molecule has 0 aromatic carbocycles. The molecule has 0 N–H and O–H groups in total. The van der Waals surface area contributed by atoms with Gasteiger partial charge in [-0.15, -0.1) is 0 Å². The fraction of sp³-hybridized carbons (Fsp3) is 0.923. The normalized spacial score (nSPS) is 24.6. The second-order valence-corrected chi connectivity index (χ2v) is 4.97. The van der Waals surface area contributed by atoms with Gasteiger partial charge in [-0.3, -0.25) is 4.79 Å². The summed E-state index contributed by atoms with van der Waals surface area (Å²) in [6, 6.07) is 0. The molecule has 1 saturated heterocycles. The number of piperidine rings is 1. The van der Waals surface area contributed by atoms with Crippen LogP contribution in [0.3, 0.4) is 0 Å². The second-order valence-electron chi connectivity index (χ2n) is 4.97. The fourth-order valence-corrected chi connectivity index (χ4v) is 2.32. The molecule has 100 valence electrons. The van der Waals surface area contributed by atoms with Crippen molar-refractivity contribution in [3.63, 3.8) is 0 Å². The van der Waals surface area contributed by atoms with Gasteiger partial charge in [-0.2, -0.15) is 0 Å². The number of alkyl halides is 2. The van der Waals surface area contributed by atoms with Crippen LogP contribution in [0.15, 0.2) is 0 Å². The van der Waals surface area contributed by atoms with Gasteiger partial charge in [-0.1, -0.05) is 20.8 Å². The van der Waals surface area contributed by atoms with E-state index >= 15 is 0 Å². The number of rotatable bonds is 1. The lowest BCUT2D eigenvalue weighted by atomic mass is 9.80. The first-order chi connectivity index (χ1) is 7.98. The summed E-state index contributed by atoms with van der Waals surface area (Å²) in [4.78, 5) is 13.5. The molecular formula is C13H23F2NO. The predicted molar refractivity (Wildman–Crippen MR) is 64.0 cm³/mol. The van der Waals surface area contributed by atoms with Crippen LogP contribution in [0.2, 0.25) is 0 Å². The zero-order chi connectivity index (χ0) is 13.1. The first-order valence-electron chi connectivity index (χ1n) is 6.64. The van der Waals surface area contributed by atoms with Crippen LogP contribution in [-0.2, 0) is 4.79 Å². The minimum atomic E-state index is -2.58. The molecule has 0 atom stereocenters. The molecule has 0 radical (unpaired) electrons. The molecule has 1 aliphatic carbocycles. The highest BCUT2D eigenvalue weighted by Gasteiger charge is 2.49. The lowest BCUT2D eigenvalue weighted by Crippen LogP contribution is -2.48. The standard InChI is InChI=1S/C11H17F2NO.C2H6/c1-8-2-4-14(5-3-8)10(15)9-6-11(12,13)7-9;1-2/h8-9H,2-7H2,1H3;1-2H3. The number of amides is 1. The Bertz CT molecular complexity index is 252. The maximum Gasteiger partial charge on any atom is 0.249 e. The third-order valence-corrected chi connectivity index (χ3v) is 3.53. The molecule has 1 heterocycles. The number of carbonyl (C=O) groups excluding carboxylic acids is 1. The van der Waals surface area contributed by atoms with Gasteiger partial charge in [0.15, 0.2) is 0 Å². The van der Waals surface area contributed by atoms with Crippen molar-refractivity contribution in [2.24, 2.45) is 11.8 Å². The summed E-state index contributed by atoms with van der Waals surface area (Å²) in [6.45, 7) is 7.67. The van der Waals surface area contributed by atoms with Crippen molar-refractivity contribution >= 4 is 5.91 Å². The predicted octanol–water partition coefficient (Wildman–Crippen LogP) is 3.32. The summed E-state index contributed by atoms with van der Waals surface area (Å²) < 4.78 is 25.2. The van der Waals surface area contributed by atoms with E-state index < -0.39 is 11.8 Å². The van der Waals surface area contributed by atoms with Gasteiger partial charge in [0.05, 0.1) is 0 Å². The monoisotopic (exact) mass is 247 g/mol. The third kappa shape index (κ3) is 3.65. The Hall–Kier alpha value is -0.670. The van der Waals surface area contributed by atoms with Crippen molar-refractivity contribution in [3.8, 4) is 0 Å². The molecule has 2 nitrogen and oxygen atoms in total. The summed E-state index contributed by atoms with van der Waals surface area (Å²) in [6.07, 6.45) is 1.54. The van der Waals surface area contributed by atoms with Crippen molar-refractivity contribution in [3.05, 3.63) is 0 Å². The van der Waals surface area contributed by atoms with E-state index in [0.29, 0.717) is 5.92 Å². The zero-order valence-corrected chi connectivity index (χ0v) is 11.0. The maximum absolute atomic E-state index is 12.6. The van der Waals surface area contributed by atoms with E-state index in [1.807, 2.05) is 13.8 Å². The van der Waals surface area contributed by atoms with E-state index in [0.717, 1.165) is 25.9 Å². The number of hydrogen-bond acceptors (Lipinski definition) is 1. The first kappa shape index (κ1) is 14.4. The number of hydrogen-bond donors (Lipinski definition) is 0. The Morgan fingerprint density at radius 2 is 1.65 bits per heavy atom. The number of carbonyl (C=O) groups is 1. The van der Waals surface area contributed by atoms with Gasteiger partial charge < -0.3 is 4.90 Å². The van der Waals surface area contributed by atoms with Gasteiger partial charge in [0.1, 0.15) is 0 Å². The summed E-state index contributed by atoms with van der Waals surface area (Å²) in [5.74, 6) is -2.37. The van der Waals surface area contributed by atoms with E-state index in [1.165, 1.54) is 0 Å². The summed E-state index contributed by atoms with van der Waals surface area (Å²) in [5, 5.41) is 0. The van der Waals surface area contributed by atoms with Gasteiger partial charge in [-0.25, -0.2) is 8.78 Å². The van der Waals surface area contributed by atoms with Crippen molar-refractivity contribution in [2.45, 2.75) is 52.4 Å². The topological polar surface area (TPSA) is 20.3 Å². The van der Waals surface area contributed by atoms with Crippen LogP contribution in [0.1, 0.15) is 46.5 Å². The highest BCUT2D eigenvalue weighted by Crippen LogP contribution is 2.43. The molecule has 1 aliphatic heterocycles. The lowest BCUT2D eigenvalue weighted by molar-refractivity contribution is -0.160. The smallest absolute Gasteiger partial charge is 0.249 e. The van der Waals surface area contributed by atoms with E-state index in [9.17, 15) is 13.6 Å². The molecule has 0 spiro atoms. The van der Waals surface area contributed by atoms with Gasteiger partial charge in [0.2, 0.25) is 11.8 Å². The maximum atomic E-state index is 12.6. The molecule has 2 fully saturated rings. The third-order valence-electron chi connectivity index (χ3n) is 3.53. The van der Waals surface area contributed by atoms with Crippen molar-refractivity contribution < 1.29 is 13.6 Å². The molecule has 1 amide bonds. The fourth-order valence-electron chi connectivity index (χ4n) is 2.32. The highest BCUT2D eigenvalue weighted by atomic mass is 19.3. The highest BCUT2D eigenvalue weighted by molar-refractivity contribution is 5.80. The minimum absolute atomic E-state index is 0.0483. The molecule has 17 heavy (non-hydrogen) atoms. The Kier molecular flexibility index (Phi) is 4.90. The molecule has 0 unspecified atom stereocenters. The molecule has 2 aliphatic rings. The van der Waals surface area contributed by atoms with Crippen LogP contribution >= 0.6 is 0 Å². The van der Waals surface area contributed by atoms with E-state index in [2.05, 4.69) is 6.92 Å². The Labute approximate surface area is 102 Å². The second kappa shape index (κ2) is 5.78. The molecule has 0 aromatic heterocycles. The molecular weight excluding hydrogens is 224 g/mol. The first-order valence-corrected chi connectivity index (χ1v) is 6.64. The van der Waals surface area contributed by atoms with Gasteiger partial charge in [-0.05, 0) is 18.8 Å². The lowest BCUT2D eigenvalue weighted by Gasteiger charge is -2.39. The Balaban J connectivity index is 0.000000686. The van der Waals surface area contributed by atoms with Crippen LogP contribution in [0.4, 0.5) is 8.78 Å². The van der Waals surface area contributed by atoms with Gasteiger partial charge in [0, 0.05) is 31.8 Å². The molecule has 0 aromatic rings. The Morgan fingerprint density at radius 3 is 2.06 bits per heavy atom. The van der Waals surface area contributed by atoms with E-state index in [1.54, 1.807) is 4.90 Å². The minimum Gasteiger partial charge on any atom is -0.342 e. The largest absolute Gasteiger partial charge is 0.342 e. The van der Waals surface area contributed by atoms with Crippen LogP contribution < -0.4 is 0 Å². The molecule has 4 heteroatoms. The molecule has 1 saturated carbocycles. The molecule has 2 rings (SSSR count). The Morgan fingerprint density at radius 1 is 1.18 bits per heavy atom. The van der Waals surface area contributed by atoms with Gasteiger partial charge in [0.25, 0.3) is 0 Å². The zero-order valence-electron chi connectivity index (χ0n) is 11.0. The van der Waals surface area contributed by atoms with E-state index in [-0.39, 0.29) is 18.7 Å². The summed E-state index contributed by atoms with van der Waals surface area (Å²) >= 11 is 0. The van der Waals surface area contributed by atoms with Crippen molar-refractivity contribution in [1.29, 1.82) is 0 Å². The quantitative estimate of drug-likeness (QED) is 0.696. The SMILES string of the molecule is CC.CC1CCN(C(=O)C2CC(F)(F)C2)CC1. The average molecular weight is 247 g/mol. The average Bonchev–Trinajstić information content (AvgIpc) is 2.28. The van der Waals surface area contributed by atoms with Crippen LogP contribution in [0.25, 0.3) is 0 Å². The van der Waals surface area contributed by atoms with Crippen LogP contribution in [0.5, 0.6) is 0 Å². The van der Waals surface area contributed by atoms with Gasteiger partial charge >= 0.3 is 0 Å². The summed E-state index contributed by atoms with van der Waals surface area (Å²) in [5.41, 5.74) is 0. The number of nitrogens with zero attached hydrogens (tertiary/aromatic N) is 1. The van der Waals surface area contributed by atoms with E-state index in [4.69, 9.17) is 0 Å². The van der Waals surface area contributed by atoms with Crippen LogP contribution in [0, 0.1) is 11.8 Å². The number of likely N-dealkylation sites (tertiary alicyclic amines) is 1. The number of halogens is 2.